The maximum Gasteiger partial charge on any atom is 0.343 e. The van der Waals surface area contributed by atoms with Crippen LogP contribution in [0.3, 0.4) is 0 Å². The van der Waals surface area contributed by atoms with Gasteiger partial charge in [-0.05, 0) is 24.8 Å². The molecule has 2 aliphatic heterocycles. The number of ether oxygens (including phenoxy) is 3. The molecule has 0 saturated carbocycles. The average Bonchev–Trinajstić information content (AvgIpc) is 2.57. The molecular formula is C21H28O4. The standard InChI is InChI=1S/C21H28O4/c1-4-5-11-17-19-18(24-21(2,3)25-20(19)22)14-16(23-17)13-12-15-9-7-6-8-10-15/h6-10,16-17H,4-5,11-14H2,1-3H3. The Hall–Kier alpha value is -1.81. The van der Waals surface area contributed by atoms with E-state index >= 15 is 0 Å². The Morgan fingerprint density at radius 2 is 1.88 bits per heavy atom. The molecule has 2 atom stereocenters. The smallest absolute Gasteiger partial charge is 0.343 e. The second-order valence-corrected chi connectivity index (χ2v) is 7.35. The van der Waals surface area contributed by atoms with E-state index in [4.69, 9.17) is 14.2 Å². The number of esters is 1. The van der Waals surface area contributed by atoms with Gasteiger partial charge >= 0.3 is 5.97 Å². The molecule has 136 valence electrons. The lowest BCUT2D eigenvalue weighted by Gasteiger charge is -2.40. The van der Waals surface area contributed by atoms with Gasteiger partial charge in [0, 0.05) is 20.3 Å². The van der Waals surface area contributed by atoms with Crippen LogP contribution in [0.15, 0.2) is 41.7 Å². The van der Waals surface area contributed by atoms with Crippen molar-refractivity contribution in [3.8, 4) is 0 Å². The lowest BCUT2D eigenvalue weighted by atomic mass is 9.93. The molecule has 2 unspecified atom stereocenters. The molecule has 4 nitrogen and oxygen atoms in total. The van der Waals surface area contributed by atoms with Crippen molar-refractivity contribution in [1.29, 1.82) is 0 Å². The van der Waals surface area contributed by atoms with Crippen molar-refractivity contribution in [2.45, 2.75) is 77.3 Å². The quantitative estimate of drug-likeness (QED) is 0.711. The number of unbranched alkanes of at least 4 members (excludes halogenated alkanes) is 1. The van der Waals surface area contributed by atoms with Gasteiger partial charge in [-0.15, -0.1) is 0 Å². The summed E-state index contributed by atoms with van der Waals surface area (Å²) in [5.41, 5.74) is 1.91. The number of hydrogen-bond acceptors (Lipinski definition) is 4. The molecule has 1 aromatic rings. The number of hydrogen-bond donors (Lipinski definition) is 0. The third-order valence-corrected chi connectivity index (χ3v) is 4.74. The molecule has 4 heteroatoms. The molecule has 0 fully saturated rings. The minimum atomic E-state index is -0.896. The Bertz CT molecular complexity index is 633. The molecule has 2 aliphatic rings. The largest absolute Gasteiger partial charge is 0.456 e. The highest BCUT2D eigenvalue weighted by molar-refractivity contribution is 5.91. The van der Waals surface area contributed by atoms with Crippen molar-refractivity contribution in [2.24, 2.45) is 0 Å². The zero-order valence-corrected chi connectivity index (χ0v) is 15.4. The van der Waals surface area contributed by atoms with Gasteiger partial charge in [-0.3, -0.25) is 0 Å². The van der Waals surface area contributed by atoms with E-state index in [0.29, 0.717) is 12.0 Å². The maximum absolute atomic E-state index is 12.5. The molecule has 0 saturated heterocycles. The number of aryl methyl sites for hydroxylation is 1. The monoisotopic (exact) mass is 344 g/mol. The van der Waals surface area contributed by atoms with E-state index < -0.39 is 5.79 Å². The Morgan fingerprint density at radius 3 is 2.60 bits per heavy atom. The van der Waals surface area contributed by atoms with Gasteiger partial charge in [0.1, 0.15) is 11.3 Å². The summed E-state index contributed by atoms with van der Waals surface area (Å²) in [4.78, 5) is 12.5. The predicted octanol–water partition coefficient (Wildman–Crippen LogP) is 4.53. The fourth-order valence-corrected chi connectivity index (χ4v) is 3.53. The van der Waals surface area contributed by atoms with Crippen molar-refractivity contribution in [2.75, 3.05) is 0 Å². The van der Waals surface area contributed by atoms with Gasteiger partial charge in [0.25, 0.3) is 0 Å². The van der Waals surface area contributed by atoms with E-state index in [2.05, 4.69) is 31.2 Å². The molecule has 3 rings (SSSR count). The van der Waals surface area contributed by atoms with Crippen LogP contribution in [0.2, 0.25) is 0 Å². The highest BCUT2D eigenvalue weighted by Crippen LogP contribution is 2.38. The predicted molar refractivity (Wildman–Crippen MR) is 95.8 cm³/mol. The van der Waals surface area contributed by atoms with Crippen molar-refractivity contribution in [3.05, 3.63) is 47.2 Å². The van der Waals surface area contributed by atoms with Crippen LogP contribution in [0.5, 0.6) is 0 Å². The van der Waals surface area contributed by atoms with Gasteiger partial charge in [0.05, 0.1) is 12.2 Å². The Kier molecular flexibility index (Phi) is 5.48. The van der Waals surface area contributed by atoms with Crippen LogP contribution >= 0.6 is 0 Å². The molecule has 0 aliphatic carbocycles. The fourth-order valence-electron chi connectivity index (χ4n) is 3.53. The van der Waals surface area contributed by atoms with Crippen LogP contribution in [-0.2, 0) is 25.4 Å². The van der Waals surface area contributed by atoms with Crippen LogP contribution in [0.25, 0.3) is 0 Å². The molecule has 1 aromatic carbocycles. The summed E-state index contributed by atoms with van der Waals surface area (Å²) < 4.78 is 17.7. The molecule has 0 amide bonds. The first-order valence-corrected chi connectivity index (χ1v) is 9.33. The molecule has 0 bridgehead atoms. The fraction of sp³-hybridized carbons (Fsp3) is 0.571. The first-order chi connectivity index (χ1) is 12.0. The normalized spacial score (nSPS) is 25.2. The molecule has 0 aromatic heterocycles. The summed E-state index contributed by atoms with van der Waals surface area (Å²) in [6.45, 7) is 5.71. The molecule has 0 radical (unpaired) electrons. The highest BCUT2D eigenvalue weighted by Gasteiger charge is 2.43. The summed E-state index contributed by atoms with van der Waals surface area (Å²) >= 11 is 0. The number of carbonyl (C=O) groups is 1. The van der Waals surface area contributed by atoms with Crippen LogP contribution in [0.1, 0.15) is 58.4 Å². The lowest BCUT2D eigenvalue weighted by molar-refractivity contribution is -0.217. The molecular weight excluding hydrogens is 316 g/mol. The second-order valence-electron chi connectivity index (χ2n) is 7.35. The van der Waals surface area contributed by atoms with E-state index in [1.165, 1.54) is 5.56 Å². The van der Waals surface area contributed by atoms with E-state index in [9.17, 15) is 4.79 Å². The molecule has 2 heterocycles. The Labute approximate surface area is 150 Å². The summed E-state index contributed by atoms with van der Waals surface area (Å²) in [6, 6.07) is 10.4. The first-order valence-electron chi connectivity index (χ1n) is 9.33. The topological polar surface area (TPSA) is 44.8 Å². The van der Waals surface area contributed by atoms with Gasteiger partial charge in [-0.2, -0.15) is 0 Å². The van der Waals surface area contributed by atoms with Crippen molar-refractivity contribution in [3.63, 3.8) is 0 Å². The van der Waals surface area contributed by atoms with Crippen LogP contribution < -0.4 is 0 Å². The maximum atomic E-state index is 12.5. The van der Waals surface area contributed by atoms with Crippen molar-refractivity contribution < 1.29 is 19.0 Å². The van der Waals surface area contributed by atoms with Gasteiger partial charge in [0.15, 0.2) is 0 Å². The molecule has 0 spiro atoms. The van der Waals surface area contributed by atoms with E-state index in [1.54, 1.807) is 13.8 Å². The number of rotatable bonds is 6. The summed E-state index contributed by atoms with van der Waals surface area (Å²) in [6.07, 6.45) is 5.29. The van der Waals surface area contributed by atoms with Crippen LogP contribution in [0, 0.1) is 0 Å². The van der Waals surface area contributed by atoms with Gasteiger partial charge in [0.2, 0.25) is 5.79 Å². The van der Waals surface area contributed by atoms with Crippen molar-refractivity contribution in [1.82, 2.24) is 0 Å². The van der Waals surface area contributed by atoms with Crippen molar-refractivity contribution >= 4 is 5.97 Å². The minimum Gasteiger partial charge on any atom is -0.456 e. The summed E-state index contributed by atoms with van der Waals surface area (Å²) in [7, 11) is 0. The number of carbonyl (C=O) groups excluding carboxylic acids is 1. The number of cyclic esters (lactones) is 1. The zero-order valence-electron chi connectivity index (χ0n) is 15.4. The third kappa shape index (κ3) is 4.43. The van der Waals surface area contributed by atoms with E-state index in [1.807, 2.05) is 6.07 Å². The number of benzene rings is 1. The zero-order chi connectivity index (χ0) is 17.9. The SMILES string of the molecule is CCCCC1OC(CCc2ccccc2)CC2=C1C(=O)OC(C)(C)O2. The van der Waals surface area contributed by atoms with Crippen LogP contribution in [-0.4, -0.2) is 24.0 Å². The third-order valence-electron chi connectivity index (χ3n) is 4.74. The minimum absolute atomic E-state index is 0.0718. The average molecular weight is 344 g/mol. The van der Waals surface area contributed by atoms with Gasteiger partial charge < -0.3 is 14.2 Å². The summed E-state index contributed by atoms with van der Waals surface area (Å²) in [5.74, 6) is -0.410. The van der Waals surface area contributed by atoms with Crippen LogP contribution in [0.4, 0.5) is 0 Å². The van der Waals surface area contributed by atoms with Gasteiger partial charge in [-0.1, -0.05) is 50.1 Å². The van der Waals surface area contributed by atoms with Gasteiger partial charge in [-0.25, -0.2) is 4.79 Å². The highest BCUT2D eigenvalue weighted by atomic mass is 16.7. The van der Waals surface area contributed by atoms with E-state index in [0.717, 1.165) is 37.9 Å². The summed E-state index contributed by atoms with van der Waals surface area (Å²) in [5, 5.41) is 0. The van der Waals surface area contributed by atoms with E-state index in [-0.39, 0.29) is 18.2 Å². The molecule has 25 heavy (non-hydrogen) atoms. The Morgan fingerprint density at radius 1 is 1.12 bits per heavy atom. The lowest BCUT2D eigenvalue weighted by Crippen LogP contribution is -2.44. The Balaban J connectivity index is 1.74. The molecule has 0 N–H and O–H groups in total. The second kappa shape index (κ2) is 7.61. The first kappa shape index (κ1) is 18.0.